The van der Waals surface area contributed by atoms with Gasteiger partial charge in [-0.2, -0.15) is 0 Å². The summed E-state index contributed by atoms with van der Waals surface area (Å²) in [6.45, 7) is 4.45. The molecule has 3 aliphatic heterocycles. The summed E-state index contributed by atoms with van der Waals surface area (Å²) in [6.07, 6.45) is 7.97. The molecule has 2 bridgehead atoms. The lowest BCUT2D eigenvalue weighted by Crippen LogP contribution is -2.53. The SMILES string of the molecule is CNC1CC2CCC(C1)N2CC1(C)CCCO1. The Hall–Kier alpha value is -0.120. The third kappa shape index (κ3) is 2.25. The van der Waals surface area contributed by atoms with Crippen molar-refractivity contribution >= 4 is 0 Å². The first-order valence-electron chi connectivity index (χ1n) is 7.27. The minimum absolute atomic E-state index is 0.146. The number of hydrogen-bond donors (Lipinski definition) is 1. The van der Waals surface area contributed by atoms with E-state index in [1.807, 2.05) is 0 Å². The molecule has 3 unspecified atom stereocenters. The predicted molar refractivity (Wildman–Crippen MR) is 69.2 cm³/mol. The lowest BCUT2D eigenvalue weighted by Gasteiger charge is -2.42. The van der Waals surface area contributed by atoms with E-state index < -0.39 is 0 Å². The molecule has 0 aromatic carbocycles. The second kappa shape index (κ2) is 4.52. The minimum atomic E-state index is 0.146. The minimum Gasteiger partial charge on any atom is -0.374 e. The number of rotatable bonds is 3. The highest BCUT2D eigenvalue weighted by Gasteiger charge is 2.44. The van der Waals surface area contributed by atoms with E-state index in [4.69, 9.17) is 4.74 Å². The van der Waals surface area contributed by atoms with Gasteiger partial charge in [-0.1, -0.05) is 0 Å². The van der Waals surface area contributed by atoms with Crippen molar-refractivity contribution < 1.29 is 4.74 Å². The lowest BCUT2D eigenvalue weighted by molar-refractivity contribution is -0.0309. The van der Waals surface area contributed by atoms with Gasteiger partial charge < -0.3 is 10.1 Å². The smallest absolute Gasteiger partial charge is 0.0781 e. The van der Waals surface area contributed by atoms with Crippen LogP contribution in [0.1, 0.15) is 45.4 Å². The molecular weight excluding hydrogens is 212 g/mol. The van der Waals surface area contributed by atoms with Gasteiger partial charge in [0.25, 0.3) is 0 Å². The fourth-order valence-corrected chi connectivity index (χ4v) is 4.12. The molecule has 3 aliphatic rings. The molecule has 3 rings (SSSR count). The van der Waals surface area contributed by atoms with E-state index in [0.29, 0.717) is 0 Å². The van der Waals surface area contributed by atoms with Crippen LogP contribution in [-0.2, 0) is 4.74 Å². The molecular formula is C14H26N2O. The lowest BCUT2D eigenvalue weighted by atomic mass is 9.94. The summed E-state index contributed by atoms with van der Waals surface area (Å²) in [6, 6.07) is 2.38. The molecule has 3 saturated heterocycles. The summed E-state index contributed by atoms with van der Waals surface area (Å²) < 4.78 is 5.96. The van der Waals surface area contributed by atoms with Crippen molar-refractivity contribution in [3.8, 4) is 0 Å². The van der Waals surface area contributed by atoms with Crippen LogP contribution in [0, 0.1) is 0 Å². The first-order chi connectivity index (χ1) is 8.20. The average Bonchev–Trinajstić information content (AvgIpc) is 2.82. The second-order valence-corrected chi connectivity index (χ2v) is 6.42. The van der Waals surface area contributed by atoms with Gasteiger partial charge in [0.15, 0.2) is 0 Å². The fraction of sp³-hybridized carbons (Fsp3) is 1.00. The summed E-state index contributed by atoms with van der Waals surface area (Å²) in [5.74, 6) is 0. The van der Waals surface area contributed by atoms with Crippen LogP contribution in [0.3, 0.4) is 0 Å². The standard InChI is InChI=1S/C14H26N2O/c1-14(6-3-7-17-14)10-16-12-4-5-13(16)9-11(8-12)15-2/h11-13,15H,3-10H2,1-2H3. The Bertz CT molecular complexity index is 261. The normalized spacial score (nSPS) is 46.6. The number of nitrogens with one attached hydrogen (secondary N) is 1. The van der Waals surface area contributed by atoms with Gasteiger partial charge in [0, 0.05) is 31.3 Å². The summed E-state index contributed by atoms with van der Waals surface area (Å²) >= 11 is 0. The molecule has 98 valence electrons. The van der Waals surface area contributed by atoms with E-state index in [9.17, 15) is 0 Å². The summed E-state index contributed by atoms with van der Waals surface area (Å²) in [7, 11) is 2.11. The fourth-order valence-electron chi connectivity index (χ4n) is 4.12. The quantitative estimate of drug-likeness (QED) is 0.811. The molecule has 3 heterocycles. The Morgan fingerprint density at radius 2 is 2.00 bits per heavy atom. The maximum absolute atomic E-state index is 5.96. The van der Waals surface area contributed by atoms with Crippen molar-refractivity contribution in [1.29, 1.82) is 0 Å². The van der Waals surface area contributed by atoms with Crippen LogP contribution < -0.4 is 5.32 Å². The maximum atomic E-state index is 5.96. The van der Waals surface area contributed by atoms with E-state index in [-0.39, 0.29) is 5.60 Å². The molecule has 0 spiro atoms. The third-order valence-corrected chi connectivity index (χ3v) is 5.11. The van der Waals surface area contributed by atoms with Crippen molar-refractivity contribution in [2.24, 2.45) is 0 Å². The number of hydrogen-bond acceptors (Lipinski definition) is 3. The first-order valence-corrected chi connectivity index (χ1v) is 7.27. The van der Waals surface area contributed by atoms with Crippen molar-refractivity contribution in [3.63, 3.8) is 0 Å². The Morgan fingerprint density at radius 1 is 1.29 bits per heavy atom. The van der Waals surface area contributed by atoms with Gasteiger partial charge >= 0.3 is 0 Å². The molecule has 17 heavy (non-hydrogen) atoms. The maximum Gasteiger partial charge on any atom is 0.0781 e. The van der Waals surface area contributed by atoms with Crippen LogP contribution in [0.15, 0.2) is 0 Å². The van der Waals surface area contributed by atoms with E-state index >= 15 is 0 Å². The summed E-state index contributed by atoms with van der Waals surface area (Å²) in [5.41, 5.74) is 0.146. The highest BCUT2D eigenvalue weighted by molar-refractivity contribution is 5.00. The molecule has 3 nitrogen and oxygen atoms in total. The monoisotopic (exact) mass is 238 g/mol. The van der Waals surface area contributed by atoms with Gasteiger partial charge in [0.2, 0.25) is 0 Å². The molecule has 1 N–H and O–H groups in total. The number of nitrogens with zero attached hydrogens (tertiary/aromatic N) is 1. The zero-order chi connectivity index (χ0) is 11.9. The van der Waals surface area contributed by atoms with Crippen molar-refractivity contribution in [3.05, 3.63) is 0 Å². The van der Waals surface area contributed by atoms with Crippen molar-refractivity contribution in [2.45, 2.75) is 69.2 Å². The Balaban J connectivity index is 1.65. The Morgan fingerprint density at radius 3 is 2.53 bits per heavy atom. The number of fused-ring (bicyclic) bond motifs is 2. The van der Waals surface area contributed by atoms with Crippen LogP contribution in [0.2, 0.25) is 0 Å². The first kappa shape index (κ1) is 11.9. The van der Waals surface area contributed by atoms with Crippen LogP contribution >= 0.6 is 0 Å². The van der Waals surface area contributed by atoms with E-state index in [1.165, 1.54) is 45.1 Å². The van der Waals surface area contributed by atoms with Crippen LogP contribution in [0.5, 0.6) is 0 Å². The summed E-state index contributed by atoms with van der Waals surface area (Å²) in [4.78, 5) is 2.76. The highest BCUT2D eigenvalue weighted by Crippen LogP contribution is 2.38. The second-order valence-electron chi connectivity index (χ2n) is 6.42. The van der Waals surface area contributed by atoms with Crippen molar-refractivity contribution in [2.75, 3.05) is 20.2 Å². The molecule has 0 aromatic heterocycles. The zero-order valence-electron chi connectivity index (χ0n) is 11.2. The largest absolute Gasteiger partial charge is 0.374 e. The van der Waals surface area contributed by atoms with Crippen LogP contribution in [-0.4, -0.2) is 48.8 Å². The van der Waals surface area contributed by atoms with E-state index in [0.717, 1.165) is 24.7 Å². The molecule has 3 heteroatoms. The van der Waals surface area contributed by atoms with E-state index in [1.54, 1.807) is 0 Å². The van der Waals surface area contributed by atoms with E-state index in [2.05, 4.69) is 24.2 Å². The zero-order valence-corrected chi connectivity index (χ0v) is 11.2. The predicted octanol–water partition coefficient (Wildman–Crippen LogP) is 1.77. The van der Waals surface area contributed by atoms with Gasteiger partial charge in [-0.15, -0.1) is 0 Å². The van der Waals surface area contributed by atoms with Crippen LogP contribution in [0.25, 0.3) is 0 Å². The van der Waals surface area contributed by atoms with Gasteiger partial charge in [-0.05, 0) is 52.5 Å². The molecule has 0 saturated carbocycles. The van der Waals surface area contributed by atoms with Gasteiger partial charge in [-0.25, -0.2) is 0 Å². The molecule has 0 radical (unpaired) electrons. The molecule has 0 aromatic rings. The highest BCUT2D eigenvalue weighted by atomic mass is 16.5. The van der Waals surface area contributed by atoms with Gasteiger partial charge in [0.1, 0.15) is 0 Å². The number of ether oxygens (including phenoxy) is 1. The molecule has 3 fully saturated rings. The molecule has 0 aliphatic carbocycles. The van der Waals surface area contributed by atoms with Crippen molar-refractivity contribution in [1.82, 2.24) is 10.2 Å². The van der Waals surface area contributed by atoms with Gasteiger partial charge in [-0.3, -0.25) is 4.90 Å². The molecule has 3 atom stereocenters. The van der Waals surface area contributed by atoms with Gasteiger partial charge in [0.05, 0.1) is 5.60 Å². The van der Waals surface area contributed by atoms with Crippen LogP contribution in [0.4, 0.5) is 0 Å². The number of piperidine rings is 1. The average molecular weight is 238 g/mol. The summed E-state index contributed by atoms with van der Waals surface area (Å²) in [5, 5.41) is 3.47. The Kier molecular flexibility index (Phi) is 3.18. The third-order valence-electron chi connectivity index (χ3n) is 5.11. The topological polar surface area (TPSA) is 24.5 Å². The molecule has 0 amide bonds. The Labute approximate surface area is 105 Å².